The molecule has 31 heavy (non-hydrogen) atoms. The Kier molecular flexibility index (Phi) is 25.1. The van der Waals surface area contributed by atoms with Gasteiger partial charge < -0.3 is 15.7 Å². The van der Waals surface area contributed by atoms with Gasteiger partial charge in [-0.1, -0.05) is 90.4 Å². The van der Waals surface area contributed by atoms with Crippen LogP contribution in [-0.2, 0) is 14.9 Å². The third-order valence-electron chi connectivity index (χ3n) is 5.26. The van der Waals surface area contributed by atoms with E-state index in [1.807, 2.05) is 0 Å². The van der Waals surface area contributed by atoms with Gasteiger partial charge in [0.2, 0.25) is 0 Å². The Morgan fingerprint density at radius 2 is 1.06 bits per heavy atom. The molecule has 0 aromatic rings. The molecule has 0 aliphatic heterocycles. The molecule has 0 bridgehead atoms. The average Bonchev–Trinajstić information content (AvgIpc) is 2.71. The smallest absolute Gasteiger partial charge is 0.317 e. The first-order valence-corrected chi connectivity index (χ1v) is 13.9. The number of hydrogen-bond donors (Lipinski definition) is 3. The number of carbonyl (C=O) groups is 1. The van der Waals surface area contributed by atoms with Crippen LogP contribution in [0.15, 0.2) is 0 Å². The summed E-state index contributed by atoms with van der Waals surface area (Å²) in [6.45, 7) is 3.99. The first-order valence-electron chi connectivity index (χ1n) is 12.3. The molecule has 0 aliphatic rings. The molecule has 0 saturated carbocycles. The van der Waals surface area contributed by atoms with Gasteiger partial charge in [-0.15, -0.1) is 0 Å². The van der Waals surface area contributed by atoms with Crippen LogP contribution in [0.1, 0.15) is 110 Å². The van der Waals surface area contributed by atoms with Crippen molar-refractivity contribution in [2.45, 2.75) is 110 Å². The summed E-state index contributed by atoms with van der Waals surface area (Å²) < 4.78 is 30.0. The molecule has 0 aromatic carbocycles. The SMILES string of the molecule is CCCCCCCCCCCCCCCCN(C)CCCCS(=O)(=O)O.NCC(=O)O. The first-order chi connectivity index (χ1) is 14.7. The topological polar surface area (TPSA) is 121 Å². The zero-order valence-corrected chi connectivity index (χ0v) is 21.0. The summed E-state index contributed by atoms with van der Waals surface area (Å²) in [6, 6.07) is 0. The van der Waals surface area contributed by atoms with Crippen molar-refractivity contribution in [3.8, 4) is 0 Å². The Morgan fingerprint density at radius 3 is 1.39 bits per heavy atom. The highest BCUT2D eigenvalue weighted by molar-refractivity contribution is 7.85. The van der Waals surface area contributed by atoms with Crippen LogP contribution in [0.4, 0.5) is 0 Å². The van der Waals surface area contributed by atoms with E-state index in [2.05, 4.69) is 24.6 Å². The molecule has 8 heteroatoms. The number of carboxylic acid groups (broad SMARTS) is 1. The predicted octanol–water partition coefficient (Wildman–Crippen LogP) is 5.10. The molecule has 7 nitrogen and oxygen atoms in total. The molecular formula is C23H50N2O5S. The fourth-order valence-corrected chi connectivity index (χ4v) is 3.92. The lowest BCUT2D eigenvalue weighted by molar-refractivity contribution is -0.135. The van der Waals surface area contributed by atoms with Crippen LogP contribution in [0.2, 0.25) is 0 Å². The molecule has 0 aromatic heterocycles. The molecule has 0 saturated heterocycles. The van der Waals surface area contributed by atoms with Crippen molar-refractivity contribution in [2.75, 3.05) is 32.4 Å². The van der Waals surface area contributed by atoms with Gasteiger partial charge in [-0.25, -0.2) is 0 Å². The van der Waals surface area contributed by atoms with E-state index in [0.29, 0.717) is 6.42 Å². The summed E-state index contributed by atoms with van der Waals surface area (Å²) in [4.78, 5) is 11.5. The number of nitrogens with two attached hydrogens (primary N) is 1. The van der Waals surface area contributed by atoms with Gasteiger partial charge in [-0.2, -0.15) is 8.42 Å². The van der Waals surface area contributed by atoms with Crippen LogP contribution in [0.25, 0.3) is 0 Å². The number of aliphatic carboxylic acids is 1. The fourth-order valence-electron chi connectivity index (χ4n) is 3.35. The monoisotopic (exact) mass is 466 g/mol. The van der Waals surface area contributed by atoms with Gasteiger partial charge in [0, 0.05) is 0 Å². The molecule has 0 unspecified atom stereocenters. The lowest BCUT2D eigenvalue weighted by Gasteiger charge is -2.16. The Balaban J connectivity index is 0. The number of unbranched alkanes of at least 4 members (excludes halogenated alkanes) is 14. The van der Waals surface area contributed by atoms with Gasteiger partial charge in [-0.05, 0) is 39.4 Å². The lowest BCUT2D eigenvalue weighted by Crippen LogP contribution is -2.21. The summed E-state index contributed by atoms with van der Waals surface area (Å²) in [7, 11) is -1.69. The number of rotatable bonds is 21. The molecule has 0 spiro atoms. The van der Waals surface area contributed by atoms with Crippen LogP contribution in [0.5, 0.6) is 0 Å². The van der Waals surface area contributed by atoms with E-state index in [1.54, 1.807) is 0 Å². The summed E-state index contributed by atoms with van der Waals surface area (Å²) in [5.74, 6) is -1.08. The summed E-state index contributed by atoms with van der Waals surface area (Å²) in [5.41, 5.74) is 4.57. The van der Waals surface area contributed by atoms with Gasteiger partial charge in [-0.3, -0.25) is 9.35 Å². The molecule has 0 rings (SSSR count). The second kappa shape index (κ2) is 24.0. The highest BCUT2D eigenvalue weighted by Gasteiger charge is 2.04. The number of hydrogen-bond acceptors (Lipinski definition) is 5. The second-order valence-electron chi connectivity index (χ2n) is 8.49. The Bertz CT molecular complexity index is 486. The van der Waals surface area contributed by atoms with Crippen molar-refractivity contribution in [1.82, 2.24) is 4.90 Å². The highest BCUT2D eigenvalue weighted by atomic mass is 32.2. The van der Waals surface area contributed by atoms with Crippen molar-refractivity contribution in [3.05, 3.63) is 0 Å². The van der Waals surface area contributed by atoms with Gasteiger partial charge in [0.25, 0.3) is 10.1 Å². The maximum Gasteiger partial charge on any atom is 0.317 e. The zero-order valence-electron chi connectivity index (χ0n) is 20.2. The van der Waals surface area contributed by atoms with Gasteiger partial charge in [0.15, 0.2) is 0 Å². The summed E-state index contributed by atoms with van der Waals surface area (Å²) >= 11 is 0. The normalized spacial score (nSPS) is 11.4. The van der Waals surface area contributed by atoms with Crippen molar-refractivity contribution < 1.29 is 22.9 Å². The lowest BCUT2D eigenvalue weighted by atomic mass is 10.0. The third kappa shape index (κ3) is 34.1. The van der Waals surface area contributed by atoms with Gasteiger partial charge in [0.05, 0.1) is 12.3 Å². The maximum absolute atomic E-state index is 10.6. The molecule has 4 N–H and O–H groups in total. The van der Waals surface area contributed by atoms with E-state index in [-0.39, 0.29) is 12.3 Å². The summed E-state index contributed by atoms with van der Waals surface area (Å²) in [5, 5.41) is 7.60. The molecule has 0 radical (unpaired) electrons. The fraction of sp³-hybridized carbons (Fsp3) is 0.957. The summed E-state index contributed by atoms with van der Waals surface area (Å²) in [6.07, 6.45) is 20.7. The minimum atomic E-state index is -3.78. The van der Waals surface area contributed by atoms with Crippen molar-refractivity contribution in [2.24, 2.45) is 5.73 Å². The standard InChI is InChI=1S/C21H45NO3S.C2H5NO2/c1-3-4-5-6-7-8-9-10-11-12-13-14-15-16-19-22(2)20-17-18-21-26(23,24)25;3-1-2(4)5/h3-21H2,1-2H3,(H,23,24,25);1,3H2,(H,4,5). The molecular weight excluding hydrogens is 416 g/mol. The van der Waals surface area contributed by atoms with Crippen LogP contribution in [-0.4, -0.2) is 61.4 Å². The largest absolute Gasteiger partial charge is 0.480 e. The molecule has 188 valence electrons. The average molecular weight is 467 g/mol. The minimum absolute atomic E-state index is 0.111. The number of nitrogens with zero attached hydrogens (tertiary/aromatic N) is 1. The van der Waals surface area contributed by atoms with Gasteiger partial charge >= 0.3 is 5.97 Å². The van der Waals surface area contributed by atoms with Crippen molar-refractivity contribution in [3.63, 3.8) is 0 Å². The van der Waals surface area contributed by atoms with E-state index in [4.69, 9.17) is 9.66 Å². The number of carboxylic acids is 1. The van der Waals surface area contributed by atoms with E-state index in [0.717, 1.165) is 19.5 Å². The van der Waals surface area contributed by atoms with Crippen LogP contribution >= 0.6 is 0 Å². The minimum Gasteiger partial charge on any atom is -0.480 e. The molecule has 0 fully saturated rings. The first kappa shape index (κ1) is 32.5. The molecule has 0 aliphatic carbocycles. The zero-order chi connectivity index (χ0) is 23.8. The third-order valence-corrected chi connectivity index (χ3v) is 6.06. The Morgan fingerprint density at radius 1 is 0.742 bits per heavy atom. The second-order valence-corrected chi connectivity index (χ2v) is 10.1. The molecule has 0 atom stereocenters. The molecule has 0 amide bonds. The van der Waals surface area contributed by atoms with Crippen LogP contribution in [0, 0.1) is 0 Å². The Hall–Kier alpha value is -0.700. The van der Waals surface area contributed by atoms with Crippen LogP contribution < -0.4 is 5.73 Å². The van der Waals surface area contributed by atoms with Crippen molar-refractivity contribution >= 4 is 16.1 Å². The van der Waals surface area contributed by atoms with E-state index in [1.165, 1.54) is 89.9 Å². The van der Waals surface area contributed by atoms with E-state index in [9.17, 15) is 13.2 Å². The quantitative estimate of drug-likeness (QED) is 0.159. The maximum atomic E-state index is 10.6. The van der Waals surface area contributed by atoms with Crippen molar-refractivity contribution in [1.29, 1.82) is 0 Å². The van der Waals surface area contributed by atoms with Gasteiger partial charge in [0.1, 0.15) is 0 Å². The molecule has 0 heterocycles. The van der Waals surface area contributed by atoms with E-state index < -0.39 is 16.1 Å². The van der Waals surface area contributed by atoms with Crippen LogP contribution in [0.3, 0.4) is 0 Å². The Labute approximate surface area is 191 Å². The predicted molar refractivity (Wildman–Crippen MR) is 130 cm³/mol. The van der Waals surface area contributed by atoms with E-state index >= 15 is 0 Å². The highest BCUT2D eigenvalue weighted by Crippen LogP contribution is 2.13.